The first-order valence-corrected chi connectivity index (χ1v) is 9.52. The van der Waals surface area contributed by atoms with Gasteiger partial charge in [0.1, 0.15) is 12.3 Å². The monoisotopic (exact) mass is 369 g/mol. The first-order chi connectivity index (χ1) is 12.4. The van der Waals surface area contributed by atoms with E-state index >= 15 is 0 Å². The Morgan fingerprint density at radius 3 is 2.65 bits per heavy atom. The highest BCUT2D eigenvalue weighted by molar-refractivity contribution is 5.89. The Balaban J connectivity index is 2.00. The van der Waals surface area contributed by atoms with E-state index in [1.165, 1.54) is 7.11 Å². The van der Waals surface area contributed by atoms with Crippen molar-refractivity contribution in [3.63, 3.8) is 0 Å². The molecule has 0 spiro atoms. The van der Waals surface area contributed by atoms with Gasteiger partial charge in [0.25, 0.3) is 5.91 Å². The summed E-state index contributed by atoms with van der Waals surface area (Å²) in [6.45, 7) is 7.11. The van der Waals surface area contributed by atoms with E-state index in [9.17, 15) is 14.4 Å². The van der Waals surface area contributed by atoms with Crippen molar-refractivity contribution >= 4 is 17.8 Å². The molecule has 8 nitrogen and oxygen atoms in total. The van der Waals surface area contributed by atoms with Crippen LogP contribution in [-0.4, -0.2) is 67.3 Å². The summed E-state index contributed by atoms with van der Waals surface area (Å²) in [7, 11) is 1.34. The van der Waals surface area contributed by atoms with Crippen LogP contribution in [0.3, 0.4) is 0 Å². The lowest BCUT2D eigenvalue weighted by atomic mass is 9.97. The largest absolute Gasteiger partial charge is 0.467 e. The maximum Gasteiger partial charge on any atom is 0.328 e. The van der Waals surface area contributed by atoms with Crippen LogP contribution in [0.15, 0.2) is 0 Å². The van der Waals surface area contributed by atoms with Gasteiger partial charge in [-0.15, -0.1) is 0 Å². The number of amides is 2. The molecule has 0 aromatic rings. The zero-order valence-corrected chi connectivity index (χ0v) is 16.1. The van der Waals surface area contributed by atoms with Crippen LogP contribution in [0.25, 0.3) is 0 Å². The maximum atomic E-state index is 13.1. The number of ether oxygens (including phenoxy) is 2. The molecule has 2 rings (SSSR count). The predicted octanol–water partition coefficient (Wildman–Crippen LogP) is 0.406. The molecule has 0 saturated carbocycles. The number of nitrogens with zero attached hydrogens (tertiary/aromatic N) is 1. The molecular formula is C18H31N3O5. The van der Waals surface area contributed by atoms with Crippen molar-refractivity contribution in [2.24, 2.45) is 5.92 Å². The van der Waals surface area contributed by atoms with Crippen molar-refractivity contribution in [1.29, 1.82) is 0 Å². The minimum Gasteiger partial charge on any atom is -0.467 e. The van der Waals surface area contributed by atoms with Gasteiger partial charge in [-0.3, -0.25) is 14.9 Å². The third-order valence-corrected chi connectivity index (χ3v) is 5.13. The van der Waals surface area contributed by atoms with E-state index < -0.39 is 24.4 Å². The van der Waals surface area contributed by atoms with Gasteiger partial charge < -0.3 is 19.7 Å². The number of epoxide rings is 1. The molecule has 2 heterocycles. The summed E-state index contributed by atoms with van der Waals surface area (Å²) < 4.78 is 10.3. The van der Waals surface area contributed by atoms with Crippen molar-refractivity contribution in [2.75, 3.05) is 20.2 Å². The minimum absolute atomic E-state index is 0.0462. The Morgan fingerprint density at radius 1 is 1.31 bits per heavy atom. The molecule has 2 N–H and O–H groups in total. The Bertz CT molecular complexity index is 527. The van der Waals surface area contributed by atoms with Crippen LogP contribution < -0.4 is 10.6 Å². The molecule has 2 saturated heterocycles. The highest BCUT2D eigenvalue weighted by atomic mass is 16.6. The quantitative estimate of drug-likeness (QED) is 0.451. The summed E-state index contributed by atoms with van der Waals surface area (Å²) in [6.07, 6.45) is 2.02. The molecule has 0 aliphatic carbocycles. The average molecular weight is 369 g/mol. The van der Waals surface area contributed by atoms with Crippen molar-refractivity contribution < 1.29 is 23.9 Å². The van der Waals surface area contributed by atoms with E-state index in [1.54, 1.807) is 4.90 Å². The lowest BCUT2D eigenvalue weighted by Crippen LogP contribution is -2.54. The van der Waals surface area contributed by atoms with E-state index in [-0.39, 0.29) is 23.7 Å². The number of hydrogen-bond acceptors (Lipinski definition) is 6. The molecule has 2 fully saturated rings. The standard InChI is InChI=1S/C18H31N3O5/c1-5-9-19-15(22)14-16(26-14)20-13(11(3)6-2)17(23)21-10-7-8-12(21)18(24)25-4/h11-14,16,20H,5-10H2,1-4H3,(H,19,22)/t11-,12-,13-,14-,16+/m0/s1. The van der Waals surface area contributed by atoms with Gasteiger partial charge in [0, 0.05) is 13.1 Å². The van der Waals surface area contributed by atoms with Crippen LogP contribution >= 0.6 is 0 Å². The van der Waals surface area contributed by atoms with Gasteiger partial charge in [0.05, 0.1) is 13.2 Å². The first kappa shape index (κ1) is 20.6. The Labute approximate surface area is 155 Å². The highest BCUT2D eigenvalue weighted by Gasteiger charge is 2.48. The lowest BCUT2D eigenvalue weighted by molar-refractivity contribution is -0.152. The summed E-state index contributed by atoms with van der Waals surface area (Å²) in [5.74, 6) is -0.619. The van der Waals surface area contributed by atoms with Crippen LogP contribution in [-0.2, 0) is 23.9 Å². The topological polar surface area (TPSA) is 100 Å². The molecule has 0 radical (unpaired) electrons. The Hall–Kier alpha value is -1.67. The predicted molar refractivity (Wildman–Crippen MR) is 95.1 cm³/mol. The number of nitrogens with one attached hydrogen (secondary N) is 2. The van der Waals surface area contributed by atoms with E-state index in [0.717, 1.165) is 19.3 Å². The van der Waals surface area contributed by atoms with Crippen molar-refractivity contribution in [3.05, 3.63) is 0 Å². The summed E-state index contributed by atoms with van der Waals surface area (Å²) in [5, 5.41) is 5.97. The van der Waals surface area contributed by atoms with Gasteiger partial charge in [-0.1, -0.05) is 27.2 Å². The Kier molecular flexibility index (Phi) is 7.40. The van der Waals surface area contributed by atoms with Crippen LogP contribution in [0.5, 0.6) is 0 Å². The number of likely N-dealkylation sites (tertiary alicyclic amines) is 1. The summed E-state index contributed by atoms with van der Waals surface area (Å²) >= 11 is 0. The molecule has 2 aliphatic rings. The highest BCUT2D eigenvalue weighted by Crippen LogP contribution is 2.25. The summed E-state index contributed by atoms with van der Waals surface area (Å²) in [4.78, 5) is 38.6. The molecule has 0 aromatic carbocycles. The second-order valence-electron chi connectivity index (χ2n) is 7.01. The zero-order chi connectivity index (χ0) is 19.3. The fourth-order valence-electron chi connectivity index (χ4n) is 3.27. The summed E-state index contributed by atoms with van der Waals surface area (Å²) in [5.41, 5.74) is 0. The first-order valence-electron chi connectivity index (χ1n) is 9.52. The minimum atomic E-state index is -0.559. The average Bonchev–Trinajstić information content (AvgIpc) is 3.25. The SMILES string of the molecule is CCCNC(=O)[C@@H]1O[C@H]1N[C@H](C(=O)N1CCC[C@H]1C(=O)OC)[C@@H](C)CC. The van der Waals surface area contributed by atoms with Gasteiger partial charge in [-0.2, -0.15) is 0 Å². The molecule has 8 heteroatoms. The van der Waals surface area contributed by atoms with Gasteiger partial charge in [-0.05, 0) is 25.2 Å². The third-order valence-electron chi connectivity index (χ3n) is 5.13. The van der Waals surface area contributed by atoms with Crippen molar-refractivity contribution in [1.82, 2.24) is 15.5 Å². The number of hydrogen-bond donors (Lipinski definition) is 2. The van der Waals surface area contributed by atoms with Crippen LogP contribution in [0.2, 0.25) is 0 Å². The van der Waals surface area contributed by atoms with E-state index in [4.69, 9.17) is 9.47 Å². The second kappa shape index (κ2) is 9.32. The van der Waals surface area contributed by atoms with Gasteiger partial charge in [-0.25, -0.2) is 4.79 Å². The normalized spacial score (nSPS) is 26.9. The number of rotatable bonds is 9. The summed E-state index contributed by atoms with van der Waals surface area (Å²) in [6, 6.07) is -1.02. The maximum absolute atomic E-state index is 13.1. The molecule has 0 aromatic heterocycles. The molecule has 26 heavy (non-hydrogen) atoms. The second-order valence-corrected chi connectivity index (χ2v) is 7.01. The molecular weight excluding hydrogens is 338 g/mol. The molecule has 148 valence electrons. The van der Waals surface area contributed by atoms with Gasteiger partial charge in [0.2, 0.25) is 5.91 Å². The van der Waals surface area contributed by atoms with Crippen LogP contribution in [0, 0.1) is 5.92 Å². The van der Waals surface area contributed by atoms with E-state index in [1.807, 2.05) is 20.8 Å². The number of carbonyl (C=O) groups is 3. The van der Waals surface area contributed by atoms with Crippen LogP contribution in [0.4, 0.5) is 0 Å². The van der Waals surface area contributed by atoms with E-state index in [0.29, 0.717) is 19.5 Å². The van der Waals surface area contributed by atoms with Gasteiger partial charge in [0.15, 0.2) is 6.10 Å². The fourth-order valence-corrected chi connectivity index (χ4v) is 3.27. The molecule has 2 aliphatic heterocycles. The van der Waals surface area contributed by atoms with E-state index in [2.05, 4.69) is 10.6 Å². The molecule has 0 bridgehead atoms. The smallest absolute Gasteiger partial charge is 0.328 e. The van der Waals surface area contributed by atoms with Gasteiger partial charge >= 0.3 is 5.97 Å². The lowest BCUT2D eigenvalue weighted by Gasteiger charge is -2.30. The molecule has 2 amide bonds. The number of methoxy groups -OCH3 is 1. The van der Waals surface area contributed by atoms with Crippen LogP contribution in [0.1, 0.15) is 46.5 Å². The van der Waals surface area contributed by atoms with Crippen molar-refractivity contribution in [2.45, 2.75) is 70.9 Å². The number of carbonyl (C=O) groups excluding carboxylic acids is 3. The molecule has 5 atom stereocenters. The van der Waals surface area contributed by atoms with Crippen molar-refractivity contribution in [3.8, 4) is 0 Å². The third kappa shape index (κ3) is 4.73. The number of esters is 1. The molecule has 0 unspecified atom stereocenters. The fraction of sp³-hybridized carbons (Fsp3) is 0.833. The zero-order valence-electron chi connectivity index (χ0n) is 16.1. The Morgan fingerprint density at radius 2 is 2.04 bits per heavy atom.